The van der Waals surface area contributed by atoms with Crippen LogP contribution in [-0.4, -0.2) is 38.3 Å². The first kappa shape index (κ1) is 22.8. The summed E-state index contributed by atoms with van der Waals surface area (Å²) in [7, 11) is 3.19. The molecule has 0 spiro atoms. The van der Waals surface area contributed by atoms with Crippen LogP contribution in [0.1, 0.15) is 18.2 Å². The molecule has 0 saturated carbocycles. The number of rotatable bonds is 9. The smallest absolute Gasteiger partial charge is 0.203 e. The van der Waals surface area contributed by atoms with Gasteiger partial charge in [-0.15, -0.1) is 24.0 Å². The standard InChI is InChI=1S/C19H26N4O3.HI/c1-4-26-18-16(24-2)11-14(12-17(18)25-3)13-23-19(20)22-10-8-15-7-5-6-9-21-15;/h5-7,9,11-12H,4,8,10,13H2,1-3H3,(H3,20,22,23);1H. The third-order valence-electron chi connectivity index (χ3n) is 3.65. The maximum absolute atomic E-state index is 5.94. The van der Waals surface area contributed by atoms with Crippen molar-refractivity contribution in [1.29, 1.82) is 0 Å². The SMILES string of the molecule is CCOc1c(OC)cc(CN=C(N)NCCc2ccccn2)cc1OC.I. The van der Waals surface area contributed by atoms with Crippen LogP contribution in [0.4, 0.5) is 0 Å². The van der Waals surface area contributed by atoms with E-state index in [-0.39, 0.29) is 24.0 Å². The highest BCUT2D eigenvalue weighted by Gasteiger charge is 2.13. The topological polar surface area (TPSA) is 91.0 Å². The van der Waals surface area contributed by atoms with Gasteiger partial charge in [-0.25, -0.2) is 4.99 Å². The van der Waals surface area contributed by atoms with Crippen LogP contribution in [0.2, 0.25) is 0 Å². The lowest BCUT2D eigenvalue weighted by Gasteiger charge is -2.15. The molecule has 2 aromatic rings. The molecule has 2 rings (SSSR count). The van der Waals surface area contributed by atoms with E-state index in [9.17, 15) is 0 Å². The molecule has 1 heterocycles. The van der Waals surface area contributed by atoms with Crippen LogP contribution in [0.3, 0.4) is 0 Å². The molecule has 0 radical (unpaired) electrons. The molecule has 1 aromatic carbocycles. The summed E-state index contributed by atoms with van der Waals surface area (Å²) in [6, 6.07) is 9.59. The Morgan fingerprint density at radius 2 is 1.89 bits per heavy atom. The number of aromatic nitrogens is 1. The molecular weight excluding hydrogens is 459 g/mol. The van der Waals surface area contributed by atoms with Gasteiger partial charge < -0.3 is 25.3 Å². The van der Waals surface area contributed by atoms with E-state index in [4.69, 9.17) is 19.9 Å². The zero-order chi connectivity index (χ0) is 18.8. The number of nitrogens with zero attached hydrogens (tertiary/aromatic N) is 2. The van der Waals surface area contributed by atoms with Crippen molar-refractivity contribution in [2.45, 2.75) is 19.9 Å². The molecule has 1 aromatic heterocycles. The first-order chi connectivity index (χ1) is 12.7. The maximum atomic E-state index is 5.94. The van der Waals surface area contributed by atoms with E-state index in [1.54, 1.807) is 20.4 Å². The van der Waals surface area contributed by atoms with Gasteiger partial charge in [0, 0.05) is 24.9 Å². The summed E-state index contributed by atoms with van der Waals surface area (Å²) < 4.78 is 16.4. The van der Waals surface area contributed by atoms with Crippen molar-refractivity contribution >= 4 is 29.9 Å². The number of nitrogens with one attached hydrogen (secondary N) is 1. The summed E-state index contributed by atoms with van der Waals surface area (Å²) >= 11 is 0. The number of benzene rings is 1. The second-order valence-electron chi connectivity index (χ2n) is 5.46. The molecule has 0 aliphatic carbocycles. The molecule has 0 bridgehead atoms. The highest BCUT2D eigenvalue weighted by atomic mass is 127. The van der Waals surface area contributed by atoms with Crippen molar-refractivity contribution < 1.29 is 14.2 Å². The van der Waals surface area contributed by atoms with Crippen molar-refractivity contribution in [3.63, 3.8) is 0 Å². The fraction of sp³-hybridized carbons (Fsp3) is 0.368. The summed E-state index contributed by atoms with van der Waals surface area (Å²) in [5.41, 5.74) is 7.86. The molecule has 0 saturated heterocycles. The van der Waals surface area contributed by atoms with E-state index in [1.807, 2.05) is 37.3 Å². The predicted octanol–water partition coefficient (Wildman–Crippen LogP) is 2.76. The second kappa shape index (κ2) is 12.2. The molecule has 0 unspecified atom stereocenters. The van der Waals surface area contributed by atoms with E-state index in [2.05, 4.69) is 15.3 Å². The molecule has 0 aliphatic rings. The van der Waals surface area contributed by atoms with Gasteiger partial charge >= 0.3 is 0 Å². The minimum atomic E-state index is 0. The van der Waals surface area contributed by atoms with Crippen molar-refractivity contribution in [2.75, 3.05) is 27.4 Å². The lowest BCUT2D eigenvalue weighted by molar-refractivity contribution is 0.288. The van der Waals surface area contributed by atoms with Gasteiger partial charge in [0.25, 0.3) is 0 Å². The Hall–Kier alpha value is -2.23. The summed E-state index contributed by atoms with van der Waals surface area (Å²) in [6.07, 6.45) is 2.56. The number of hydrogen-bond donors (Lipinski definition) is 2. The average molecular weight is 486 g/mol. The van der Waals surface area contributed by atoms with Gasteiger partial charge in [-0.05, 0) is 36.8 Å². The highest BCUT2D eigenvalue weighted by Crippen LogP contribution is 2.38. The van der Waals surface area contributed by atoms with Gasteiger partial charge in [0.05, 0.1) is 27.4 Å². The Balaban J connectivity index is 0.00000364. The van der Waals surface area contributed by atoms with E-state index in [1.165, 1.54) is 0 Å². The van der Waals surface area contributed by atoms with E-state index >= 15 is 0 Å². The largest absolute Gasteiger partial charge is 0.493 e. The van der Waals surface area contributed by atoms with E-state index < -0.39 is 0 Å². The van der Waals surface area contributed by atoms with Crippen LogP contribution in [-0.2, 0) is 13.0 Å². The fourth-order valence-electron chi connectivity index (χ4n) is 2.41. The molecule has 27 heavy (non-hydrogen) atoms. The highest BCUT2D eigenvalue weighted by molar-refractivity contribution is 14.0. The summed E-state index contributed by atoms with van der Waals surface area (Å²) in [6.45, 7) is 3.51. The van der Waals surface area contributed by atoms with E-state index in [0.29, 0.717) is 42.9 Å². The van der Waals surface area contributed by atoms with Gasteiger partial charge in [0.1, 0.15) is 0 Å². The number of aliphatic imine (C=N–C) groups is 1. The van der Waals surface area contributed by atoms with Crippen LogP contribution >= 0.6 is 24.0 Å². The Morgan fingerprint density at radius 3 is 2.44 bits per heavy atom. The maximum Gasteiger partial charge on any atom is 0.203 e. The molecule has 3 N–H and O–H groups in total. The number of guanidine groups is 1. The number of hydrogen-bond acceptors (Lipinski definition) is 5. The third-order valence-corrected chi connectivity index (χ3v) is 3.65. The Labute approximate surface area is 177 Å². The normalized spacial score (nSPS) is 10.7. The van der Waals surface area contributed by atoms with Gasteiger partial charge in [0.15, 0.2) is 17.5 Å². The zero-order valence-electron chi connectivity index (χ0n) is 15.9. The van der Waals surface area contributed by atoms with Crippen LogP contribution in [0.25, 0.3) is 0 Å². The van der Waals surface area contributed by atoms with E-state index in [0.717, 1.165) is 17.7 Å². The first-order valence-corrected chi connectivity index (χ1v) is 8.49. The number of pyridine rings is 1. The Morgan fingerprint density at radius 1 is 1.19 bits per heavy atom. The average Bonchev–Trinajstić information content (AvgIpc) is 2.67. The fourth-order valence-corrected chi connectivity index (χ4v) is 2.41. The predicted molar refractivity (Wildman–Crippen MR) is 117 cm³/mol. The number of halogens is 1. The van der Waals surface area contributed by atoms with Gasteiger partial charge in [0.2, 0.25) is 5.75 Å². The molecule has 0 atom stereocenters. The first-order valence-electron chi connectivity index (χ1n) is 8.49. The van der Waals surface area contributed by atoms with Crippen LogP contribution < -0.4 is 25.3 Å². The lowest BCUT2D eigenvalue weighted by Crippen LogP contribution is -2.33. The quantitative estimate of drug-likeness (QED) is 0.322. The van der Waals surface area contributed by atoms with Crippen molar-refractivity contribution in [1.82, 2.24) is 10.3 Å². The van der Waals surface area contributed by atoms with Crippen LogP contribution in [0, 0.1) is 0 Å². The van der Waals surface area contributed by atoms with Crippen molar-refractivity contribution in [3.05, 3.63) is 47.8 Å². The Bertz CT molecular complexity index is 701. The monoisotopic (exact) mass is 486 g/mol. The molecule has 0 amide bonds. The van der Waals surface area contributed by atoms with Gasteiger partial charge in [-0.1, -0.05) is 6.07 Å². The number of nitrogens with two attached hydrogens (primary N) is 1. The summed E-state index contributed by atoms with van der Waals surface area (Å²) in [5.74, 6) is 2.19. The molecular formula is C19H27IN4O3. The number of ether oxygens (including phenoxy) is 3. The molecule has 148 valence electrons. The summed E-state index contributed by atoms with van der Waals surface area (Å²) in [5, 5.41) is 3.09. The minimum Gasteiger partial charge on any atom is -0.493 e. The van der Waals surface area contributed by atoms with Crippen molar-refractivity contribution in [2.24, 2.45) is 10.7 Å². The van der Waals surface area contributed by atoms with Crippen LogP contribution in [0.5, 0.6) is 17.2 Å². The van der Waals surface area contributed by atoms with Crippen LogP contribution in [0.15, 0.2) is 41.5 Å². The summed E-state index contributed by atoms with van der Waals surface area (Å²) in [4.78, 5) is 8.63. The Kier molecular flexibility index (Phi) is 10.3. The van der Waals surface area contributed by atoms with Gasteiger partial charge in [-0.3, -0.25) is 4.98 Å². The minimum absolute atomic E-state index is 0. The second-order valence-corrected chi connectivity index (χ2v) is 5.46. The lowest BCUT2D eigenvalue weighted by atomic mass is 10.2. The zero-order valence-corrected chi connectivity index (χ0v) is 18.2. The molecule has 0 aliphatic heterocycles. The molecule has 0 fully saturated rings. The van der Waals surface area contributed by atoms with Crippen molar-refractivity contribution in [3.8, 4) is 17.2 Å². The molecule has 7 nitrogen and oxygen atoms in total. The number of methoxy groups -OCH3 is 2. The third kappa shape index (κ3) is 7.12. The molecule has 8 heteroatoms. The van der Waals surface area contributed by atoms with Gasteiger partial charge in [-0.2, -0.15) is 0 Å².